The van der Waals surface area contributed by atoms with E-state index in [1.807, 2.05) is 0 Å². The smallest absolute Gasteiger partial charge is 0.566 e. The summed E-state index contributed by atoms with van der Waals surface area (Å²) in [6.45, 7) is 10.5. The average molecular weight is 419 g/mol. The Bertz CT molecular complexity index is 144. The second-order valence-electron chi connectivity index (χ2n) is 3.40. The zero-order valence-corrected chi connectivity index (χ0v) is 14.2. The summed E-state index contributed by atoms with van der Waals surface area (Å²) in [7, 11) is 5.79. The van der Waals surface area contributed by atoms with Crippen molar-refractivity contribution in [2.75, 3.05) is 34.0 Å². The number of hydrogen-bond donors (Lipinski definition) is 1. The van der Waals surface area contributed by atoms with E-state index in [1.54, 1.807) is 21.1 Å². The van der Waals surface area contributed by atoms with Crippen molar-refractivity contribution < 1.29 is 41.8 Å². The van der Waals surface area contributed by atoms with Gasteiger partial charge in [-0.2, -0.15) is 6.92 Å². The van der Waals surface area contributed by atoms with Crippen molar-refractivity contribution in [2.24, 2.45) is 5.41 Å². The number of methoxy groups -OCH3 is 2. The third-order valence-electron chi connectivity index (χ3n) is 1.56. The van der Waals surface area contributed by atoms with Crippen LogP contribution in [0.2, 0.25) is 0 Å². The van der Waals surface area contributed by atoms with Crippen LogP contribution in [0.3, 0.4) is 0 Å². The Morgan fingerprint density at radius 2 is 1.94 bits per heavy atom. The Labute approximate surface area is 122 Å². The van der Waals surface area contributed by atoms with Gasteiger partial charge < -0.3 is 26.7 Å². The van der Waals surface area contributed by atoms with E-state index in [2.05, 4.69) is 25.6 Å². The van der Waals surface area contributed by atoms with Gasteiger partial charge in [0.15, 0.2) is 0 Å². The van der Waals surface area contributed by atoms with E-state index in [9.17, 15) is 0 Å². The Morgan fingerprint density at radius 3 is 2.00 bits per heavy atom. The fraction of sp³-hybridized carbons (Fsp3) is 0.667. The van der Waals surface area contributed by atoms with Crippen LogP contribution in [0.1, 0.15) is 15.2 Å². The van der Waals surface area contributed by atoms with Gasteiger partial charge in [0.2, 0.25) is 0 Å². The van der Waals surface area contributed by atoms with E-state index in [4.69, 9.17) is 16.0 Å². The summed E-state index contributed by atoms with van der Waals surface area (Å²) in [4.78, 5) is 0. The Morgan fingerprint density at radius 1 is 1.59 bits per heavy atom. The predicted molar refractivity (Wildman–Crippen MR) is 66.3 cm³/mol. The molecule has 0 bridgehead atoms. The fourth-order valence-electron chi connectivity index (χ4n) is 0.882. The van der Waals surface area contributed by atoms with Gasteiger partial charge in [0.25, 0.3) is 0 Å². The van der Waals surface area contributed by atoms with E-state index >= 15 is 0 Å². The van der Waals surface area contributed by atoms with Gasteiger partial charge in [0.05, 0.1) is 33.2 Å². The van der Waals surface area contributed by atoms with Crippen molar-refractivity contribution in [3.8, 4) is 0 Å². The SMILES string of the molecule is C=COC.COCC1(C)COC1.C[CH-]O.[2H][CH2-].[W+2]. The molecule has 1 N–H and O–H groups in total. The number of ether oxygens (including phenoxy) is 3. The van der Waals surface area contributed by atoms with Crippen LogP contribution in [0, 0.1) is 19.4 Å². The second-order valence-corrected chi connectivity index (χ2v) is 3.40. The van der Waals surface area contributed by atoms with Crippen LogP contribution in [0.25, 0.3) is 0 Å². The first-order chi connectivity index (χ1) is 8.10. The molecule has 0 atom stereocenters. The maximum atomic E-state index is 7.44. The molecule has 0 aliphatic carbocycles. The Hall–Kier alpha value is 0.108. The molecular formula is C12H26O4W. The largest absolute Gasteiger partial charge is 2.00 e. The van der Waals surface area contributed by atoms with E-state index < -0.39 is 0 Å². The van der Waals surface area contributed by atoms with Gasteiger partial charge in [0.1, 0.15) is 0 Å². The first-order valence-corrected chi connectivity index (χ1v) is 4.72. The van der Waals surface area contributed by atoms with Crippen molar-refractivity contribution in [3.63, 3.8) is 0 Å². The van der Waals surface area contributed by atoms with Crippen LogP contribution < -0.4 is 0 Å². The minimum absolute atomic E-state index is 0. The van der Waals surface area contributed by atoms with Crippen molar-refractivity contribution >= 4 is 0 Å². The van der Waals surface area contributed by atoms with Crippen LogP contribution in [-0.4, -0.2) is 39.1 Å². The number of rotatable bonds is 3. The molecule has 0 aromatic rings. The molecule has 1 saturated heterocycles. The summed E-state index contributed by atoms with van der Waals surface area (Å²) in [5.74, 6) is 0. The van der Waals surface area contributed by atoms with Gasteiger partial charge in [-0.3, -0.25) is 0 Å². The third kappa shape index (κ3) is 18.7. The molecule has 17 heavy (non-hydrogen) atoms. The molecule has 0 aromatic carbocycles. The molecule has 0 unspecified atom stereocenters. The van der Waals surface area contributed by atoms with Crippen molar-refractivity contribution in [2.45, 2.75) is 13.8 Å². The molecule has 1 rings (SSSR count). The minimum Gasteiger partial charge on any atom is -0.566 e. The summed E-state index contributed by atoms with van der Waals surface area (Å²) in [5.41, 5.74) is 0.328. The molecule has 0 radical (unpaired) electrons. The van der Waals surface area contributed by atoms with E-state index in [0.717, 1.165) is 26.4 Å². The molecule has 0 amide bonds. The Balaban J connectivity index is -0.0000000847. The fourth-order valence-corrected chi connectivity index (χ4v) is 0.882. The number of hydrogen-bond acceptors (Lipinski definition) is 4. The molecule has 5 heteroatoms. The normalized spacial score (nSPS) is 14.4. The van der Waals surface area contributed by atoms with E-state index in [0.29, 0.717) is 5.41 Å². The molecule has 1 heterocycles. The molecule has 0 aromatic heterocycles. The van der Waals surface area contributed by atoms with Gasteiger partial charge in [-0.1, -0.05) is 13.5 Å². The topological polar surface area (TPSA) is 47.9 Å². The maximum Gasteiger partial charge on any atom is 2.00 e. The molecule has 0 spiro atoms. The van der Waals surface area contributed by atoms with Crippen LogP contribution in [0.4, 0.5) is 0 Å². The predicted octanol–water partition coefficient (Wildman–Crippen LogP) is 2.43. The van der Waals surface area contributed by atoms with Crippen LogP contribution in [0.15, 0.2) is 12.8 Å². The maximum absolute atomic E-state index is 7.44. The number of aliphatic hydroxyl groups excluding tert-OH is 1. The third-order valence-corrected chi connectivity index (χ3v) is 1.56. The van der Waals surface area contributed by atoms with Crippen LogP contribution >= 0.6 is 0 Å². The summed E-state index contributed by atoms with van der Waals surface area (Å²) < 4.78 is 19.8. The molecule has 1 fully saturated rings. The van der Waals surface area contributed by atoms with Crippen LogP contribution in [0.5, 0.6) is 0 Å². The van der Waals surface area contributed by atoms with E-state index in [-0.39, 0.29) is 21.1 Å². The summed E-state index contributed by atoms with van der Waals surface area (Å²) in [6.07, 6.45) is 1.38. The molecule has 1 aliphatic rings. The first-order valence-electron chi connectivity index (χ1n) is 5.43. The average Bonchev–Trinajstić information content (AvgIpc) is 2.31. The van der Waals surface area contributed by atoms with Crippen molar-refractivity contribution in [3.05, 3.63) is 26.9 Å². The van der Waals surface area contributed by atoms with Gasteiger partial charge in [-0.05, 0) is 0 Å². The molecule has 4 nitrogen and oxygen atoms in total. The monoisotopic (exact) mass is 419 g/mol. The summed E-state index contributed by atoms with van der Waals surface area (Å²) >= 11 is 0. The zero-order valence-electron chi connectivity index (χ0n) is 12.3. The molecule has 104 valence electrons. The van der Waals surface area contributed by atoms with Gasteiger partial charge in [-0.15, -0.1) is 0 Å². The van der Waals surface area contributed by atoms with Crippen LogP contribution in [-0.2, 0) is 35.3 Å². The Kier molecular flexibility index (Phi) is 24.2. The van der Waals surface area contributed by atoms with Gasteiger partial charge >= 0.3 is 21.1 Å². The summed E-state index contributed by atoms with van der Waals surface area (Å²) in [5, 5.41) is 7.44. The summed E-state index contributed by atoms with van der Waals surface area (Å²) in [6, 6.07) is 0. The van der Waals surface area contributed by atoms with Gasteiger partial charge in [0, 0.05) is 12.5 Å². The minimum atomic E-state index is 0. The second kappa shape index (κ2) is 18.5. The number of aliphatic hydroxyl groups is 1. The standard InChI is InChI=1S/C6H12O2.C3H6O.C2H5O.CH3.W/c1-6(3-7-2)4-8-5-6;1-3-4-2;1-2-3;;/h3-5H2,1-2H3;3H,1H2,2H3;2-3H,1H3;1H3;/q;;2*-1;+2/i;;;1D;. The van der Waals surface area contributed by atoms with Crippen molar-refractivity contribution in [1.29, 1.82) is 0 Å². The molecule has 1 aliphatic heterocycles. The van der Waals surface area contributed by atoms with E-state index in [1.165, 1.54) is 6.26 Å². The molecular weight excluding hydrogens is 392 g/mol. The zero-order chi connectivity index (χ0) is 14.2. The molecule has 0 saturated carbocycles. The quantitative estimate of drug-likeness (QED) is 0.564. The van der Waals surface area contributed by atoms with Crippen molar-refractivity contribution in [1.82, 2.24) is 0 Å². The van der Waals surface area contributed by atoms with Gasteiger partial charge in [-0.25, -0.2) is 7.98 Å². The first kappa shape index (κ1) is 22.3.